The van der Waals surface area contributed by atoms with Gasteiger partial charge in [0.2, 0.25) is 0 Å². The highest BCUT2D eigenvalue weighted by atomic mass is 16.5. The van der Waals surface area contributed by atoms with Gasteiger partial charge in [-0.25, -0.2) is 0 Å². The summed E-state index contributed by atoms with van der Waals surface area (Å²) in [5.74, 6) is 0. The molecular weight excluding hydrogens is 220 g/mol. The van der Waals surface area contributed by atoms with Gasteiger partial charge < -0.3 is 20.1 Å². The predicted octanol–water partition coefficient (Wildman–Crippen LogP) is 0.697. The number of ether oxygens (including phenoxy) is 1. The number of benzene rings is 1. The molecule has 1 aromatic rings. The summed E-state index contributed by atoms with van der Waals surface area (Å²) in [7, 11) is 0. The second kappa shape index (κ2) is 8.20. The summed E-state index contributed by atoms with van der Waals surface area (Å²) < 4.78 is 5.34. The lowest BCUT2D eigenvalue weighted by Gasteiger charge is -2.15. The van der Waals surface area contributed by atoms with E-state index in [2.05, 4.69) is 0 Å². The van der Waals surface area contributed by atoms with Crippen molar-refractivity contribution < 1.29 is 20.1 Å². The van der Waals surface area contributed by atoms with E-state index in [1.165, 1.54) is 0 Å². The first kappa shape index (κ1) is 14.1. The van der Waals surface area contributed by atoms with Crippen LogP contribution in [0.25, 0.3) is 0 Å². The van der Waals surface area contributed by atoms with E-state index in [4.69, 9.17) is 9.84 Å². The van der Waals surface area contributed by atoms with Crippen molar-refractivity contribution in [3.05, 3.63) is 35.9 Å². The van der Waals surface area contributed by atoms with Gasteiger partial charge in [0.05, 0.1) is 25.4 Å². The highest BCUT2D eigenvalue weighted by molar-refractivity contribution is 5.13. The van der Waals surface area contributed by atoms with Crippen molar-refractivity contribution in [2.24, 2.45) is 0 Å². The van der Waals surface area contributed by atoms with Gasteiger partial charge in [0, 0.05) is 13.0 Å². The first-order chi connectivity index (χ1) is 8.22. The van der Waals surface area contributed by atoms with E-state index >= 15 is 0 Å². The Labute approximate surface area is 101 Å². The molecule has 0 spiro atoms. The number of hydrogen-bond donors (Lipinski definition) is 3. The van der Waals surface area contributed by atoms with E-state index < -0.39 is 12.2 Å². The number of hydrogen-bond acceptors (Lipinski definition) is 4. The lowest BCUT2D eigenvalue weighted by molar-refractivity contribution is -0.00304. The summed E-state index contributed by atoms with van der Waals surface area (Å²) in [5, 5.41) is 27.5. The number of aliphatic hydroxyl groups is 3. The monoisotopic (exact) mass is 240 g/mol. The zero-order valence-corrected chi connectivity index (χ0v) is 9.83. The molecule has 0 heterocycles. The summed E-state index contributed by atoms with van der Waals surface area (Å²) in [6, 6.07) is 9.70. The van der Waals surface area contributed by atoms with Gasteiger partial charge in [-0.3, -0.25) is 0 Å². The molecule has 0 fully saturated rings. The maximum absolute atomic E-state index is 9.56. The van der Waals surface area contributed by atoms with Crippen LogP contribution in [0.3, 0.4) is 0 Å². The SMILES string of the molecule is OCC[C@@H](O)C[C@@H](O)COCc1ccccc1. The summed E-state index contributed by atoms with van der Waals surface area (Å²) in [4.78, 5) is 0. The molecule has 17 heavy (non-hydrogen) atoms. The maximum atomic E-state index is 9.56. The van der Waals surface area contributed by atoms with Crippen LogP contribution >= 0.6 is 0 Å². The van der Waals surface area contributed by atoms with Gasteiger partial charge in [0.15, 0.2) is 0 Å². The topological polar surface area (TPSA) is 69.9 Å². The minimum atomic E-state index is -0.694. The molecule has 2 atom stereocenters. The Hall–Kier alpha value is -0.940. The second-order valence-corrected chi connectivity index (χ2v) is 4.06. The van der Waals surface area contributed by atoms with Crippen LogP contribution in [0.15, 0.2) is 30.3 Å². The van der Waals surface area contributed by atoms with E-state index in [0.29, 0.717) is 6.61 Å². The molecule has 0 aliphatic carbocycles. The average Bonchev–Trinajstić information content (AvgIpc) is 2.30. The van der Waals surface area contributed by atoms with Crippen LogP contribution < -0.4 is 0 Å². The van der Waals surface area contributed by atoms with Gasteiger partial charge in [0.25, 0.3) is 0 Å². The van der Waals surface area contributed by atoms with Gasteiger partial charge in [-0.15, -0.1) is 0 Å². The molecule has 4 heteroatoms. The van der Waals surface area contributed by atoms with Crippen molar-refractivity contribution in [2.75, 3.05) is 13.2 Å². The lowest BCUT2D eigenvalue weighted by Crippen LogP contribution is -2.23. The molecule has 0 radical (unpaired) electrons. The van der Waals surface area contributed by atoms with Crippen LogP contribution in [0.4, 0.5) is 0 Å². The van der Waals surface area contributed by atoms with Gasteiger partial charge >= 0.3 is 0 Å². The molecule has 0 aliphatic rings. The Balaban J connectivity index is 2.14. The summed E-state index contributed by atoms with van der Waals surface area (Å²) in [5.41, 5.74) is 1.05. The van der Waals surface area contributed by atoms with E-state index in [1.807, 2.05) is 30.3 Å². The first-order valence-corrected chi connectivity index (χ1v) is 5.81. The molecule has 0 saturated heterocycles. The summed E-state index contributed by atoms with van der Waals surface area (Å²) in [6.45, 7) is 0.574. The van der Waals surface area contributed by atoms with E-state index in [0.717, 1.165) is 5.56 Å². The van der Waals surface area contributed by atoms with Crippen molar-refractivity contribution in [1.29, 1.82) is 0 Å². The van der Waals surface area contributed by atoms with Gasteiger partial charge in [0.1, 0.15) is 0 Å². The molecule has 0 aliphatic heterocycles. The molecule has 96 valence electrons. The molecule has 0 unspecified atom stereocenters. The van der Waals surface area contributed by atoms with Crippen molar-refractivity contribution >= 4 is 0 Å². The molecule has 1 rings (SSSR count). The largest absolute Gasteiger partial charge is 0.396 e. The molecule has 4 nitrogen and oxygen atoms in total. The fraction of sp³-hybridized carbons (Fsp3) is 0.538. The maximum Gasteiger partial charge on any atom is 0.0798 e. The van der Waals surface area contributed by atoms with Crippen LogP contribution in [0.2, 0.25) is 0 Å². The van der Waals surface area contributed by atoms with Crippen LogP contribution in [0.1, 0.15) is 18.4 Å². The van der Waals surface area contributed by atoms with E-state index in [-0.39, 0.29) is 26.1 Å². The summed E-state index contributed by atoms with van der Waals surface area (Å²) >= 11 is 0. The second-order valence-electron chi connectivity index (χ2n) is 4.06. The van der Waals surface area contributed by atoms with Gasteiger partial charge in [-0.05, 0) is 12.0 Å². The number of rotatable bonds is 8. The fourth-order valence-electron chi connectivity index (χ4n) is 1.54. The lowest BCUT2D eigenvalue weighted by atomic mass is 10.1. The third-order valence-electron chi connectivity index (χ3n) is 2.43. The van der Waals surface area contributed by atoms with Gasteiger partial charge in [-0.2, -0.15) is 0 Å². The van der Waals surface area contributed by atoms with Gasteiger partial charge in [-0.1, -0.05) is 30.3 Å². The summed E-state index contributed by atoms with van der Waals surface area (Å²) in [6.07, 6.45) is -0.846. The Morgan fingerprint density at radius 2 is 1.76 bits per heavy atom. The van der Waals surface area contributed by atoms with E-state index in [9.17, 15) is 10.2 Å². The van der Waals surface area contributed by atoms with Crippen LogP contribution in [0, 0.1) is 0 Å². The minimum Gasteiger partial charge on any atom is -0.396 e. The molecule has 0 aromatic heterocycles. The predicted molar refractivity (Wildman–Crippen MR) is 64.4 cm³/mol. The Morgan fingerprint density at radius 1 is 1.06 bits per heavy atom. The normalized spacial score (nSPS) is 14.5. The van der Waals surface area contributed by atoms with Crippen molar-refractivity contribution in [1.82, 2.24) is 0 Å². The number of aliphatic hydroxyl groups excluding tert-OH is 3. The standard InChI is InChI=1S/C13H20O4/c14-7-6-12(15)8-13(16)10-17-9-11-4-2-1-3-5-11/h1-5,12-16H,6-10H2/t12-,13-/m1/s1. The van der Waals surface area contributed by atoms with E-state index in [1.54, 1.807) is 0 Å². The van der Waals surface area contributed by atoms with Crippen molar-refractivity contribution in [3.63, 3.8) is 0 Å². The highest BCUT2D eigenvalue weighted by Gasteiger charge is 2.11. The average molecular weight is 240 g/mol. The Morgan fingerprint density at radius 3 is 2.41 bits per heavy atom. The Bertz CT molecular complexity index is 289. The first-order valence-electron chi connectivity index (χ1n) is 5.81. The molecule has 0 amide bonds. The molecule has 0 saturated carbocycles. The fourth-order valence-corrected chi connectivity index (χ4v) is 1.54. The molecule has 0 bridgehead atoms. The molecule has 3 N–H and O–H groups in total. The molecule has 1 aromatic carbocycles. The van der Waals surface area contributed by atoms with Crippen molar-refractivity contribution in [2.45, 2.75) is 31.7 Å². The Kier molecular flexibility index (Phi) is 6.81. The zero-order valence-electron chi connectivity index (χ0n) is 9.83. The quantitative estimate of drug-likeness (QED) is 0.625. The third-order valence-corrected chi connectivity index (χ3v) is 2.43. The van der Waals surface area contributed by atoms with Crippen molar-refractivity contribution in [3.8, 4) is 0 Å². The van der Waals surface area contributed by atoms with Crippen LogP contribution in [0.5, 0.6) is 0 Å². The zero-order chi connectivity index (χ0) is 12.5. The smallest absolute Gasteiger partial charge is 0.0798 e. The van der Waals surface area contributed by atoms with Crippen LogP contribution in [-0.4, -0.2) is 40.7 Å². The minimum absolute atomic E-state index is 0.0707. The third kappa shape index (κ3) is 6.38. The van der Waals surface area contributed by atoms with Crippen LogP contribution in [-0.2, 0) is 11.3 Å². The highest BCUT2D eigenvalue weighted by Crippen LogP contribution is 2.05. The molecular formula is C13H20O4.